The summed E-state index contributed by atoms with van der Waals surface area (Å²) in [4.78, 5) is 0. The van der Waals surface area contributed by atoms with E-state index in [0.29, 0.717) is 26.4 Å². The Labute approximate surface area is 123 Å². The zero-order valence-electron chi connectivity index (χ0n) is 12.8. The SMILES string of the molecule is CCO[Si](CCc1ccccc1)(OCC)OCCOC. The van der Waals surface area contributed by atoms with Crippen molar-refractivity contribution < 1.29 is 18.0 Å². The highest BCUT2D eigenvalue weighted by Crippen LogP contribution is 2.19. The molecule has 0 aliphatic carbocycles. The molecule has 0 aromatic heterocycles. The number of ether oxygens (including phenoxy) is 1. The van der Waals surface area contributed by atoms with Crippen LogP contribution in [0, 0.1) is 0 Å². The number of rotatable bonds is 11. The zero-order chi connectivity index (χ0) is 14.7. The predicted octanol–water partition coefficient (Wildman–Crippen LogP) is 2.90. The summed E-state index contributed by atoms with van der Waals surface area (Å²) in [5.74, 6) is 0. The van der Waals surface area contributed by atoms with E-state index in [2.05, 4.69) is 12.1 Å². The maximum atomic E-state index is 5.94. The van der Waals surface area contributed by atoms with Crippen LogP contribution in [-0.2, 0) is 24.4 Å². The number of hydrogen-bond acceptors (Lipinski definition) is 4. The van der Waals surface area contributed by atoms with E-state index in [1.165, 1.54) is 5.56 Å². The molecule has 0 atom stereocenters. The van der Waals surface area contributed by atoms with Crippen LogP contribution >= 0.6 is 0 Å². The van der Waals surface area contributed by atoms with E-state index in [1.807, 2.05) is 32.0 Å². The van der Waals surface area contributed by atoms with Gasteiger partial charge in [-0.2, -0.15) is 0 Å². The molecule has 20 heavy (non-hydrogen) atoms. The molecule has 0 spiro atoms. The molecule has 1 aromatic rings. The number of benzene rings is 1. The molecule has 0 heterocycles. The van der Waals surface area contributed by atoms with Gasteiger partial charge in [-0.15, -0.1) is 0 Å². The van der Waals surface area contributed by atoms with Crippen molar-refractivity contribution in [2.75, 3.05) is 33.5 Å². The van der Waals surface area contributed by atoms with Crippen LogP contribution in [0.2, 0.25) is 6.04 Å². The molecule has 4 nitrogen and oxygen atoms in total. The fraction of sp³-hybridized carbons (Fsp3) is 0.600. The van der Waals surface area contributed by atoms with E-state index in [1.54, 1.807) is 7.11 Å². The number of methoxy groups -OCH3 is 1. The Morgan fingerprint density at radius 2 is 1.55 bits per heavy atom. The van der Waals surface area contributed by atoms with Crippen LogP contribution < -0.4 is 0 Å². The third-order valence-electron chi connectivity index (χ3n) is 2.90. The lowest BCUT2D eigenvalue weighted by Crippen LogP contribution is -2.47. The quantitative estimate of drug-likeness (QED) is 0.465. The molecule has 114 valence electrons. The van der Waals surface area contributed by atoms with Crippen LogP contribution in [0.25, 0.3) is 0 Å². The van der Waals surface area contributed by atoms with Crippen molar-refractivity contribution in [2.45, 2.75) is 26.3 Å². The van der Waals surface area contributed by atoms with E-state index >= 15 is 0 Å². The highest BCUT2D eigenvalue weighted by atomic mass is 28.4. The smallest absolute Gasteiger partial charge is 0.382 e. The molecule has 0 bridgehead atoms. The van der Waals surface area contributed by atoms with Gasteiger partial charge >= 0.3 is 8.80 Å². The van der Waals surface area contributed by atoms with Crippen LogP contribution in [0.3, 0.4) is 0 Å². The molecule has 0 radical (unpaired) electrons. The summed E-state index contributed by atoms with van der Waals surface area (Å²) in [7, 11) is -0.931. The Bertz CT molecular complexity index is 339. The van der Waals surface area contributed by atoms with Gasteiger partial charge in [0.15, 0.2) is 0 Å². The zero-order valence-corrected chi connectivity index (χ0v) is 13.8. The summed E-state index contributed by atoms with van der Waals surface area (Å²) < 4.78 is 22.7. The van der Waals surface area contributed by atoms with Gasteiger partial charge in [-0.1, -0.05) is 30.3 Å². The Morgan fingerprint density at radius 1 is 0.900 bits per heavy atom. The Morgan fingerprint density at radius 3 is 2.10 bits per heavy atom. The molecular weight excluding hydrogens is 272 g/mol. The number of aryl methyl sites for hydroxylation is 1. The topological polar surface area (TPSA) is 36.9 Å². The van der Waals surface area contributed by atoms with Gasteiger partial charge < -0.3 is 18.0 Å². The molecule has 0 saturated carbocycles. The van der Waals surface area contributed by atoms with E-state index in [0.717, 1.165) is 12.5 Å². The first-order valence-electron chi connectivity index (χ1n) is 7.21. The van der Waals surface area contributed by atoms with Crippen molar-refractivity contribution in [3.63, 3.8) is 0 Å². The monoisotopic (exact) mass is 298 g/mol. The van der Waals surface area contributed by atoms with Crippen molar-refractivity contribution in [3.05, 3.63) is 35.9 Å². The molecule has 0 amide bonds. The minimum Gasteiger partial charge on any atom is -0.382 e. The average Bonchev–Trinajstić information content (AvgIpc) is 2.47. The summed E-state index contributed by atoms with van der Waals surface area (Å²) in [6, 6.07) is 11.1. The lowest BCUT2D eigenvalue weighted by molar-refractivity contribution is 0.0452. The van der Waals surface area contributed by atoms with Crippen LogP contribution in [-0.4, -0.2) is 42.3 Å². The summed E-state index contributed by atoms with van der Waals surface area (Å²) in [5, 5.41) is 0. The van der Waals surface area contributed by atoms with Gasteiger partial charge in [0, 0.05) is 26.4 Å². The fourth-order valence-corrected chi connectivity index (χ4v) is 4.56. The van der Waals surface area contributed by atoms with E-state index in [-0.39, 0.29) is 0 Å². The third kappa shape index (κ3) is 6.15. The minimum atomic E-state index is -2.60. The molecule has 0 unspecified atom stereocenters. The molecule has 1 aromatic carbocycles. The first-order chi connectivity index (χ1) is 9.76. The Hall–Kier alpha value is -0.723. The molecule has 0 saturated heterocycles. The van der Waals surface area contributed by atoms with Crippen LogP contribution in [0.5, 0.6) is 0 Å². The second-order valence-corrected chi connectivity index (χ2v) is 7.11. The molecule has 0 aliphatic heterocycles. The van der Waals surface area contributed by atoms with E-state index in [9.17, 15) is 0 Å². The van der Waals surface area contributed by atoms with Gasteiger partial charge in [-0.05, 0) is 25.8 Å². The molecular formula is C15H26O4Si. The van der Waals surface area contributed by atoms with Crippen LogP contribution in [0.15, 0.2) is 30.3 Å². The lowest BCUT2D eigenvalue weighted by atomic mass is 10.2. The van der Waals surface area contributed by atoms with Gasteiger partial charge in [-0.25, -0.2) is 0 Å². The second-order valence-electron chi connectivity index (χ2n) is 4.38. The van der Waals surface area contributed by atoms with Crippen LogP contribution in [0.4, 0.5) is 0 Å². The van der Waals surface area contributed by atoms with E-state index < -0.39 is 8.80 Å². The summed E-state index contributed by atoms with van der Waals surface area (Å²) >= 11 is 0. The minimum absolute atomic E-state index is 0.511. The first kappa shape index (κ1) is 17.3. The highest BCUT2D eigenvalue weighted by molar-refractivity contribution is 6.60. The largest absolute Gasteiger partial charge is 0.501 e. The maximum Gasteiger partial charge on any atom is 0.501 e. The van der Waals surface area contributed by atoms with Crippen LogP contribution in [0.1, 0.15) is 19.4 Å². The van der Waals surface area contributed by atoms with Crippen molar-refractivity contribution in [3.8, 4) is 0 Å². The van der Waals surface area contributed by atoms with Gasteiger partial charge in [-0.3, -0.25) is 0 Å². The molecule has 0 aliphatic rings. The van der Waals surface area contributed by atoms with Gasteiger partial charge in [0.1, 0.15) is 0 Å². The molecule has 1 rings (SSSR count). The van der Waals surface area contributed by atoms with Crippen molar-refractivity contribution >= 4 is 8.80 Å². The van der Waals surface area contributed by atoms with Gasteiger partial charge in [0.2, 0.25) is 0 Å². The molecule has 0 fully saturated rings. The molecule has 0 N–H and O–H groups in total. The summed E-state index contributed by atoms with van der Waals surface area (Å²) in [6.07, 6.45) is 0.903. The average molecular weight is 298 g/mol. The van der Waals surface area contributed by atoms with Gasteiger partial charge in [0.05, 0.1) is 13.2 Å². The second kappa shape index (κ2) is 10.1. The van der Waals surface area contributed by atoms with Crippen molar-refractivity contribution in [1.82, 2.24) is 0 Å². The fourth-order valence-electron chi connectivity index (χ4n) is 2.00. The number of hydrogen-bond donors (Lipinski definition) is 0. The third-order valence-corrected chi connectivity index (χ3v) is 5.86. The summed E-state index contributed by atoms with van der Waals surface area (Å²) in [6.45, 7) is 6.23. The maximum absolute atomic E-state index is 5.94. The molecule has 5 heteroatoms. The predicted molar refractivity (Wildman–Crippen MR) is 81.8 cm³/mol. The highest BCUT2D eigenvalue weighted by Gasteiger charge is 2.40. The normalized spacial score (nSPS) is 11.8. The van der Waals surface area contributed by atoms with Crippen molar-refractivity contribution in [1.29, 1.82) is 0 Å². The van der Waals surface area contributed by atoms with E-state index in [4.69, 9.17) is 18.0 Å². The lowest BCUT2D eigenvalue weighted by Gasteiger charge is -2.29. The Balaban J connectivity index is 2.63. The summed E-state index contributed by atoms with van der Waals surface area (Å²) in [5.41, 5.74) is 1.28. The first-order valence-corrected chi connectivity index (χ1v) is 9.14. The van der Waals surface area contributed by atoms with Gasteiger partial charge in [0.25, 0.3) is 0 Å². The van der Waals surface area contributed by atoms with Crippen molar-refractivity contribution in [2.24, 2.45) is 0 Å². The standard InChI is InChI=1S/C15H26O4Si/c1-4-17-20(18-5-2,19-13-12-16-3)14-11-15-9-7-6-8-10-15/h6-10H,4-5,11-14H2,1-3H3. The Kier molecular flexibility index (Phi) is 8.72.